The van der Waals surface area contributed by atoms with Crippen molar-refractivity contribution in [2.24, 2.45) is 0 Å². The smallest absolute Gasteiger partial charge is 0.230 e. The summed E-state index contributed by atoms with van der Waals surface area (Å²) in [6.45, 7) is 0. The molecular formula is C16H13FN2OS2. The van der Waals surface area contributed by atoms with Crippen LogP contribution in [0, 0.1) is 5.82 Å². The van der Waals surface area contributed by atoms with Crippen molar-refractivity contribution in [3.63, 3.8) is 0 Å². The highest BCUT2D eigenvalue weighted by Gasteiger charge is 2.09. The number of anilines is 1. The number of carbonyl (C=O) groups excluding carboxylic acids is 1. The van der Waals surface area contributed by atoms with Gasteiger partial charge in [-0.3, -0.25) is 4.79 Å². The Balaban J connectivity index is 1.69. The van der Waals surface area contributed by atoms with Crippen LogP contribution in [-0.4, -0.2) is 17.1 Å². The topological polar surface area (TPSA) is 42.0 Å². The molecule has 3 aromatic rings. The summed E-state index contributed by atoms with van der Waals surface area (Å²) in [5, 5.41) is 3.26. The molecule has 0 unspecified atom stereocenters. The van der Waals surface area contributed by atoms with Crippen LogP contribution in [0.2, 0.25) is 0 Å². The van der Waals surface area contributed by atoms with Gasteiger partial charge in [0, 0.05) is 4.90 Å². The summed E-state index contributed by atoms with van der Waals surface area (Å²) in [6, 6.07) is 12.3. The highest BCUT2D eigenvalue weighted by atomic mass is 32.2. The molecule has 1 N–H and O–H groups in total. The summed E-state index contributed by atoms with van der Waals surface area (Å²) >= 11 is 2.93. The van der Waals surface area contributed by atoms with E-state index in [2.05, 4.69) is 10.3 Å². The van der Waals surface area contributed by atoms with Crippen LogP contribution in [0.1, 0.15) is 5.56 Å². The minimum atomic E-state index is -0.303. The van der Waals surface area contributed by atoms with Gasteiger partial charge in [-0.25, -0.2) is 9.37 Å². The maximum atomic E-state index is 13.1. The highest BCUT2D eigenvalue weighted by Crippen LogP contribution is 2.26. The summed E-state index contributed by atoms with van der Waals surface area (Å²) < 4.78 is 13.9. The van der Waals surface area contributed by atoms with E-state index in [4.69, 9.17) is 0 Å². The van der Waals surface area contributed by atoms with E-state index in [0.717, 1.165) is 15.2 Å². The van der Waals surface area contributed by atoms with Crippen LogP contribution in [0.3, 0.4) is 0 Å². The Morgan fingerprint density at radius 3 is 2.77 bits per heavy atom. The molecule has 3 nitrogen and oxygen atoms in total. The quantitative estimate of drug-likeness (QED) is 0.723. The van der Waals surface area contributed by atoms with Gasteiger partial charge in [0.1, 0.15) is 5.82 Å². The number of carbonyl (C=O) groups is 1. The number of nitrogens with one attached hydrogen (secondary N) is 1. The first-order valence-corrected chi connectivity index (χ1v) is 8.67. The second kappa shape index (κ2) is 6.46. The van der Waals surface area contributed by atoms with Gasteiger partial charge in [-0.15, -0.1) is 11.8 Å². The molecule has 0 aliphatic heterocycles. The van der Waals surface area contributed by atoms with Crippen LogP contribution in [0.25, 0.3) is 10.2 Å². The zero-order valence-corrected chi connectivity index (χ0v) is 13.4. The van der Waals surface area contributed by atoms with Gasteiger partial charge in [0.15, 0.2) is 5.13 Å². The second-order valence-electron chi connectivity index (χ2n) is 4.70. The summed E-state index contributed by atoms with van der Waals surface area (Å²) in [4.78, 5) is 17.5. The van der Waals surface area contributed by atoms with Gasteiger partial charge in [-0.1, -0.05) is 23.5 Å². The number of amides is 1. The van der Waals surface area contributed by atoms with Gasteiger partial charge < -0.3 is 5.32 Å². The molecule has 0 saturated carbocycles. The first kappa shape index (κ1) is 15.0. The van der Waals surface area contributed by atoms with Gasteiger partial charge in [0.05, 0.1) is 16.6 Å². The Morgan fingerprint density at radius 1 is 1.27 bits per heavy atom. The molecule has 6 heteroatoms. The minimum absolute atomic E-state index is 0.128. The summed E-state index contributed by atoms with van der Waals surface area (Å²) in [5.41, 5.74) is 1.63. The highest BCUT2D eigenvalue weighted by molar-refractivity contribution is 7.98. The Morgan fingerprint density at radius 2 is 2.05 bits per heavy atom. The van der Waals surface area contributed by atoms with E-state index < -0.39 is 0 Å². The fourth-order valence-electron chi connectivity index (χ4n) is 2.04. The molecular weight excluding hydrogens is 319 g/mol. The predicted molar refractivity (Wildman–Crippen MR) is 90.1 cm³/mol. The molecule has 0 fully saturated rings. The van der Waals surface area contributed by atoms with Gasteiger partial charge in [-0.05, 0) is 42.2 Å². The van der Waals surface area contributed by atoms with E-state index >= 15 is 0 Å². The lowest BCUT2D eigenvalue weighted by atomic mass is 10.1. The molecule has 112 valence electrons. The van der Waals surface area contributed by atoms with E-state index in [1.165, 1.54) is 23.5 Å². The van der Waals surface area contributed by atoms with Crippen LogP contribution in [0.4, 0.5) is 9.52 Å². The molecule has 0 bridgehead atoms. The first-order chi connectivity index (χ1) is 10.6. The Labute approximate surface area is 135 Å². The van der Waals surface area contributed by atoms with Crippen LogP contribution >= 0.6 is 23.1 Å². The molecule has 0 aliphatic rings. The molecule has 1 aromatic heterocycles. The zero-order valence-electron chi connectivity index (χ0n) is 11.8. The summed E-state index contributed by atoms with van der Waals surface area (Å²) in [6.07, 6.45) is 2.30. The zero-order chi connectivity index (χ0) is 15.5. The molecule has 0 radical (unpaired) electrons. The first-order valence-electron chi connectivity index (χ1n) is 6.63. The average Bonchev–Trinajstić information content (AvgIpc) is 2.89. The van der Waals surface area contributed by atoms with Crippen molar-refractivity contribution in [1.29, 1.82) is 0 Å². The number of aromatic nitrogens is 1. The van der Waals surface area contributed by atoms with Crippen molar-refractivity contribution in [1.82, 2.24) is 4.98 Å². The number of thiazole rings is 1. The van der Waals surface area contributed by atoms with E-state index in [1.54, 1.807) is 17.8 Å². The summed E-state index contributed by atoms with van der Waals surface area (Å²) in [7, 11) is 0. The normalized spacial score (nSPS) is 10.8. The predicted octanol–water partition coefficient (Wildman–Crippen LogP) is 4.34. The van der Waals surface area contributed by atoms with Crippen LogP contribution in [0.15, 0.2) is 47.4 Å². The minimum Gasteiger partial charge on any atom is -0.302 e. The van der Waals surface area contributed by atoms with Crippen molar-refractivity contribution in [2.45, 2.75) is 11.3 Å². The molecule has 1 amide bonds. The number of hydrogen-bond donors (Lipinski definition) is 1. The Kier molecular flexibility index (Phi) is 4.40. The number of thioether (sulfide) groups is 1. The van der Waals surface area contributed by atoms with Crippen molar-refractivity contribution in [3.8, 4) is 0 Å². The monoisotopic (exact) mass is 332 g/mol. The van der Waals surface area contributed by atoms with Crippen molar-refractivity contribution >= 4 is 44.4 Å². The van der Waals surface area contributed by atoms with Gasteiger partial charge in [0.25, 0.3) is 0 Å². The van der Waals surface area contributed by atoms with E-state index in [1.807, 2.05) is 30.5 Å². The molecule has 2 aromatic carbocycles. The van der Waals surface area contributed by atoms with Gasteiger partial charge >= 0.3 is 0 Å². The van der Waals surface area contributed by atoms with E-state index in [9.17, 15) is 9.18 Å². The van der Waals surface area contributed by atoms with Crippen molar-refractivity contribution < 1.29 is 9.18 Å². The lowest BCUT2D eigenvalue weighted by Crippen LogP contribution is -2.14. The third kappa shape index (κ3) is 3.45. The summed E-state index contributed by atoms with van der Waals surface area (Å²) in [5.74, 6) is -0.431. The largest absolute Gasteiger partial charge is 0.302 e. The lowest BCUT2D eigenvalue weighted by molar-refractivity contribution is -0.115. The van der Waals surface area contributed by atoms with E-state index in [-0.39, 0.29) is 11.7 Å². The molecule has 0 aliphatic carbocycles. The Hall–Kier alpha value is -1.92. The molecule has 3 rings (SSSR count). The maximum absolute atomic E-state index is 13.1. The lowest BCUT2D eigenvalue weighted by Gasteiger charge is -2.03. The number of halogens is 1. The van der Waals surface area contributed by atoms with Crippen LogP contribution in [-0.2, 0) is 11.2 Å². The SMILES string of the molecule is CSc1ccc(CC(=O)Nc2nc3ccc(F)cc3s2)cc1. The fourth-order valence-corrected chi connectivity index (χ4v) is 3.36. The number of rotatable bonds is 4. The molecule has 22 heavy (non-hydrogen) atoms. The standard InChI is InChI=1S/C16H13FN2OS2/c1-21-12-5-2-10(3-6-12)8-15(20)19-16-18-13-7-4-11(17)9-14(13)22-16/h2-7,9H,8H2,1H3,(H,18,19,20). The van der Waals surface area contributed by atoms with Crippen LogP contribution in [0.5, 0.6) is 0 Å². The van der Waals surface area contributed by atoms with Gasteiger partial charge in [-0.2, -0.15) is 0 Å². The van der Waals surface area contributed by atoms with Crippen molar-refractivity contribution in [3.05, 3.63) is 53.8 Å². The third-order valence-corrected chi connectivity index (χ3v) is 4.80. The second-order valence-corrected chi connectivity index (χ2v) is 6.61. The maximum Gasteiger partial charge on any atom is 0.230 e. The third-order valence-electron chi connectivity index (χ3n) is 3.12. The number of nitrogens with zero attached hydrogens (tertiary/aromatic N) is 1. The molecule has 0 atom stereocenters. The number of fused-ring (bicyclic) bond motifs is 1. The number of hydrogen-bond acceptors (Lipinski definition) is 4. The van der Waals surface area contributed by atoms with Gasteiger partial charge in [0.2, 0.25) is 5.91 Å². The average molecular weight is 332 g/mol. The number of benzene rings is 2. The molecule has 1 heterocycles. The van der Waals surface area contributed by atoms with E-state index in [0.29, 0.717) is 17.1 Å². The fraction of sp³-hybridized carbons (Fsp3) is 0.125. The Bertz CT molecular complexity index is 815. The van der Waals surface area contributed by atoms with Crippen LogP contribution < -0.4 is 5.32 Å². The van der Waals surface area contributed by atoms with Crippen molar-refractivity contribution in [2.75, 3.05) is 11.6 Å². The molecule has 0 saturated heterocycles. The molecule has 0 spiro atoms.